The SMILES string of the molecule is CC(C)c1ccc(F)c(NCNc2ccc(Oc3ccnc(NC(=O)[C@@H]4CCNC4)c3)cc2N)c1. The van der Waals surface area contributed by atoms with Crippen LogP contribution in [0.25, 0.3) is 0 Å². The number of amides is 1. The number of carbonyl (C=O) groups is 1. The Balaban J connectivity index is 1.34. The van der Waals surface area contributed by atoms with Gasteiger partial charge in [-0.15, -0.1) is 0 Å². The number of hydrogen-bond donors (Lipinski definition) is 5. The minimum Gasteiger partial charge on any atom is -0.457 e. The van der Waals surface area contributed by atoms with Gasteiger partial charge >= 0.3 is 0 Å². The van der Waals surface area contributed by atoms with Crippen molar-refractivity contribution in [1.82, 2.24) is 10.3 Å². The lowest BCUT2D eigenvalue weighted by Crippen LogP contribution is -2.25. The van der Waals surface area contributed by atoms with E-state index >= 15 is 0 Å². The molecule has 1 saturated heterocycles. The summed E-state index contributed by atoms with van der Waals surface area (Å²) in [7, 11) is 0. The lowest BCUT2D eigenvalue weighted by molar-refractivity contribution is -0.119. The third-order valence-electron chi connectivity index (χ3n) is 5.89. The fourth-order valence-corrected chi connectivity index (χ4v) is 3.82. The largest absolute Gasteiger partial charge is 0.457 e. The van der Waals surface area contributed by atoms with Crippen LogP contribution in [0.3, 0.4) is 0 Å². The summed E-state index contributed by atoms with van der Waals surface area (Å²) in [6.07, 6.45) is 2.40. The van der Waals surface area contributed by atoms with Crippen LogP contribution in [0.15, 0.2) is 54.7 Å². The van der Waals surface area contributed by atoms with Gasteiger partial charge in [-0.1, -0.05) is 19.9 Å². The van der Waals surface area contributed by atoms with E-state index < -0.39 is 0 Å². The molecule has 0 aliphatic carbocycles. The van der Waals surface area contributed by atoms with Crippen molar-refractivity contribution in [3.63, 3.8) is 0 Å². The molecule has 0 radical (unpaired) electrons. The number of anilines is 4. The summed E-state index contributed by atoms with van der Waals surface area (Å²) in [6, 6.07) is 13.7. The Bertz CT molecular complexity index is 1180. The average Bonchev–Trinajstić information content (AvgIpc) is 3.37. The molecule has 2 aromatic carbocycles. The number of carbonyl (C=O) groups excluding carboxylic acids is 1. The van der Waals surface area contributed by atoms with Crippen molar-refractivity contribution < 1.29 is 13.9 Å². The van der Waals surface area contributed by atoms with E-state index in [1.54, 1.807) is 42.6 Å². The third kappa shape index (κ3) is 6.39. The number of pyridine rings is 1. The monoisotopic (exact) mass is 478 g/mol. The van der Waals surface area contributed by atoms with Crippen LogP contribution in [0, 0.1) is 11.7 Å². The van der Waals surface area contributed by atoms with E-state index in [1.165, 1.54) is 6.07 Å². The number of ether oxygens (including phenoxy) is 1. The summed E-state index contributed by atoms with van der Waals surface area (Å²) >= 11 is 0. The van der Waals surface area contributed by atoms with Crippen molar-refractivity contribution in [2.45, 2.75) is 26.2 Å². The fraction of sp³-hybridized carbons (Fsp3) is 0.308. The number of rotatable bonds is 9. The maximum Gasteiger partial charge on any atom is 0.229 e. The van der Waals surface area contributed by atoms with Crippen LogP contribution in [0.1, 0.15) is 31.7 Å². The van der Waals surface area contributed by atoms with Crippen LogP contribution in [-0.4, -0.2) is 30.6 Å². The highest BCUT2D eigenvalue weighted by atomic mass is 19.1. The first kappa shape index (κ1) is 24.3. The van der Waals surface area contributed by atoms with E-state index in [4.69, 9.17) is 10.5 Å². The highest BCUT2D eigenvalue weighted by molar-refractivity contribution is 5.92. The first-order valence-electron chi connectivity index (χ1n) is 11.7. The molecule has 1 amide bonds. The van der Waals surface area contributed by atoms with Crippen LogP contribution in [0.4, 0.5) is 27.3 Å². The Morgan fingerprint density at radius 2 is 1.94 bits per heavy atom. The summed E-state index contributed by atoms with van der Waals surface area (Å²) in [4.78, 5) is 16.5. The minimum atomic E-state index is -0.305. The second-order valence-electron chi connectivity index (χ2n) is 8.83. The fourth-order valence-electron chi connectivity index (χ4n) is 3.82. The molecule has 0 spiro atoms. The molecular weight excluding hydrogens is 447 g/mol. The highest BCUT2D eigenvalue weighted by Crippen LogP contribution is 2.29. The second-order valence-corrected chi connectivity index (χ2v) is 8.83. The molecule has 6 N–H and O–H groups in total. The topological polar surface area (TPSA) is 113 Å². The minimum absolute atomic E-state index is 0.0497. The van der Waals surface area contributed by atoms with Crippen LogP contribution >= 0.6 is 0 Å². The maximum atomic E-state index is 14.1. The molecule has 0 saturated carbocycles. The van der Waals surface area contributed by atoms with Crippen LogP contribution < -0.4 is 31.7 Å². The van der Waals surface area contributed by atoms with Gasteiger partial charge < -0.3 is 31.7 Å². The number of benzene rings is 2. The van der Waals surface area contributed by atoms with E-state index in [0.29, 0.717) is 53.5 Å². The molecule has 2 heterocycles. The van der Waals surface area contributed by atoms with E-state index in [-0.39, 0.29) is 17.6 Å². The number of aromatic nitrogens is 1. The van der Waals surface area contributed by atoms with Crippen molar-refractivity contribution in [2.75, 3.05) is 41.4 Å². The zero-order valence-corrected chi connectivity index (χ0v) is 19.9. The van der Waals surface area contributed by atoms with E-state index in [0.717, 1.165) is 18.5 Å². The number of nitrogens with one attached hydrogen (secondary N) is 4. The Morgan fingerprint density at radius 1 is 1.14 bits per heavy atom. The van der Waals surface area contributed by atoms with Crippen LogP contribution in [0.2, 0.25) is 0 Å². The molecule has 184 valence electrons. The molecule has 1 fully saturated rings. The molecule has 8 nitrogen and oxygen atoms in total. The first-order chi connectivity index (χ1) is 16.9. The van der Waals surface area contributed by atoms with Gasteiger partial charge in [0.25, 0.3) is 0 Å². The van der Waals surface area contributed by atoms with Gasteiger partial charge in [0.1, 0.15) is 23.1 Å². The van der Waals surface area contributed by atoms with Gasteiger partial charge in [-0.3, -0.25) is 4.79 Å². The van der Waals surface area contributed by atoms with Crippen molar-refractivity contribution >= 4 is 28.8 Å². The van der Waals surface area contributed by atoms with Crippen LogP contribution in [-0.2, 0) is 4.79 Å². The van der Waals surface area contributed by atoms with Gasteiger partial charge in [0, 0.05) is 24.9 Å². The molecule has 9 heteroatoms. The number of nitrogens with zero attached hydrogens (tertiary/aromatic N) is 1. The van der Waals surface area contributed by atoms with Crippen molar-refractivity contribution in [3.8, 4) is 11.5 Å². The Morgan fingerprint density at radius 3 is 2.69 bits per heavy atom. The molecule has 3 aromatic rings. The highest BCUT2D eigenvalue weighted by Gasteiger charge is 2.22. The third-order valence-corrected chi connectivity index (χ3v) is 5.89. The molecule has 1 atom stereocenters. The number of nitrogens with two attached hydrogens (primary N) is 1. The molecule has 0 unspecified atom stereocenters. The molecular formula is C26H31FN6O2. The number of nitrogen functional groups attached to an aromatic ring is 1. The Labute approximate surface area is 204 Å². The van der Waals surface area contributed by atoms with E-state index in [1.807, 2.05) is 6.07 Å². The lowest BCUT2D eigenvalue weighted by atomic mass is 10.0. The first-order valence-corrected chi connectivity index (χ1v) is 11.7. The summed E-state index contributed by atoms with van der Waals surface area (Å²) in [6.45, 7) is 5.95. The number of hydrogen-bond acceptors (Lipinski definition) is 7. The normalized spacial score (nSPS) is 15.1. The molecule has 1 aromatic heterocycles. The summed E-state index contributed by atoms with van der Waals surface area (Å²) in [5, 5.41) is 12.2. The smallest absolute Gasteiger partial charge is 0.229 e. The zero-order chi connectivity index (χ0) is 24.8. The van der Waals surface area contributed by atoms with Gasteiger partial charge in [0.15, 0.2) is 0 Å². The molecule has 1 aliphatic heterocycles. The summed E-state index contributed by atoms with van der Waals surface area (Å²) in [5.74, 6) is 1.41. The average molecular weight is 479 g/mol. The molecule has 35 heavy (non-hydrogen) atoms. The van der Waals surface area contributed by atoms with E-state index in [2.05, 4.69) is 40.1 Å². The number of halogens is 1. The Hall–Kier alpha value is -3.85. The van der Waals surface area contributed by atoms with Crippen molar-refractivity contribution in [1.29, 1.82) is 0 Å². The molecule has 0 bridgehead atoms. The predicted molar refractivity (Wildman–Crippen MR) is 137 cm³/mol. The zero-order valence-electron chi connectivity index (χ0n) is 19.9. The Kier molecular flexibility index (Phi) is 7.67. The van der Waals surface area contributed by atoms with Gasteiger partial charge in [-0.05, 0) is 54.8 Å². The van der Waals surface area contributed by atoms with Gasteiger partial charge in [-0.25, -0.2) is 9.37 Å². The maximum absolute atomic E-state index is 14.1. The van der Waals surface area contributed by atoms with E-state index in [9.17, 15) is 9.18 Å². The van der Waals surface area contributed by atoms with Gasteiger partial charge in [-0.2, -0.15) is 0 Å². The predicted octanol–water partition coefficient (Wildman–Crippen LogP) is 4.75. The van der Waals surface area contributed by atoms with Gasteiger partial charge in [0.2, 0.25) is 5.91 Å². The molecule has 1 aliphatic rings. The lowest BCUT2D eigenvalue weighted by Gasteiger charge is -2.15. The standard InChI is InChI=1S/C26H31FN6O2/c1-16(2)17-3-5-21(27)24(11-17)32-15-31-23-6-4-19(12-22(23)28)35-20-8-10-30-25(13-20)33-26(34)18-7-9-29-14-18/h3-6,8,10-13,16,18,29,31-32H,7,9,14-15,28H2,1-2H3,(H,30,33,34)/t18-/m1/s1. The van der Waals surface area contributed by atoms with Crippen LogP contribution in [0.5, 0.6) is 11.5 Å². The summed E-state index contributed by atoms with van der Waals surface area (Å²) in [5.41, 5.74) is 8.87. The quantitative estimate of drug-likeness (QED) is 0.223. The van der Waals surface area contributed by atoms with Crippen molar-refractivity contribution in [3.05, 3.63) is 66.1 Å². The summed E-state index contributed by atoms with van der Waals surface area (Å²) < 4.78 is 20.0. The van der Waals surface area contributed by atoms with Crippen molar-refractivity contribution in [2.24, 2.45) is 5.92 Å². The molecule has 4 rings (SSSR count). The van der Waals surface area contributed by atoms with Gasteiger partial charge in [0.05, 0.1) is 29.6 Å². The second kappa shape index (κ2) is 11.1.